The van der Waals surface area contributed by atoms with Gasteiger partial charge in [0.2, 0.25) is 0 Å². The number of hydrogen-bond acceptors (Lipinski definition) is 2. The first-order chi connectivity index (χ1) is 6.54. The average molecular weight is 212 g/mol. The van der Waals surface area contributed by atoms with Gasteiger partial charge in [0.05, 0.1) is 0 Å². The molecule has 2 rings (SSSR count). The lowest BCUT2D eigenvalue weighted by molar-refractivity contribution is -0.139. The van der Waals surface area contributed by atoms with Crippen molar-refractivity contribution in [3.63, 3.8) is 0 Å². The van der Waals surface area contributed by atoms with Crippen LogP contribution in [-0.2, 0) is 4.79 Å². The molecule has 1 aromatic carbocycles. The Morgan fingerprint density at radius 2 is 2.36 bits per heavy atom. The highest BCUT2D eigenvalue weighted by Gasteiger charge is 2.58. The van der Waals surface area contributed by atoms with Crippen molar-refractivity contribution < 1.29 is 9.90 Å². The van der Waals surface area contributed by atoms with E-state index in [0.29, 0.717) is 11.4 Å². The van der Waals surface area contributed by atoms with Gasteiger partial charge in [-0.3, -0.25) is 4.79 Å². The van der Waals surface area contributed by atoms with Gasteiger partial charge in [0.25, 0.3) is 0 Å². The van der Waals surface area contributed by atoms with Crippen LogP contribution in [0, 0.1) is 0 Å². The molecule has 3 N–H and O–H groups in total. The van der Waals surface area contributed by atoms with Crippen LogP contribution >= 0.6 is 11.6 Å². The smallest absolute Gasteiger partial charge is 0.324 e. The molecule has 0 spiro atoms. The Bertz CT molecular complexity index is 393. The van der Waals surface area contributed by atoms with Crippen LogP contribution in [0.25, 0.3) is 0 Å². The summed E-state index contributed by atoms with van der Waals surface area (Å²) in [4.78, 5) is 10.8. The maximum absolute atomic E-state index is 10.8. The molecule has 0 bridgehead atoms. The molecule has 0 heterocycles. The predicted molar refractivity (Wildman–Crippen MR) is 53.4 cm³/mol. The highest BCUT2D eigenvalue weighted by atomic mass is 35.5. The lowest BCUT2D eigenvalue weighted by Crippen LogP contribution is -2.34. The maximum atomic E-state index is 10.8. The first-order valence-corrected chi connectivity index (χ1v) is 4.69. The van der Waals surface area contributed by atoms with E-state index in [1.165, 1.54) is 0 Å². The number of benzene rings is 1. The predicted octanol–water partition coefficient (Wildman–Crippen LogP) is 1.61. The van der Waals surface area contributed by atoms with Gasteiger partial charge in [-0.1, -0.05) is 23.7 Å². The Kier molecular flexibility index (Phi) is 2.01. The van der Waals surface area contributed by atoms with Crippen LogP contribution in [0.1, 0.15) is 17.9 Å². The zero-order chi connectivity index (χ0) is 10.3. The summed E-state index contributed by atoms with van der Waals surface area (Å²) in [7, 11) is 0. The molecule has 1 aliphatic rings. The number of carboxylic acids is 1. The fourth-order valence-electron chi connectivity index (χ4n) is 1.65. The van der Waals surface area contributed by atoms with Crippen LogP contribution in [0.4, 0.5) is 0 Å². The van der Waals surface area contributed by atoms with Crippen LogP contribution in [0.3, 0.4) is 0 Å². The lowest BCUT2D eigenvalue weighted by Gasteiger charge is -2.05. The van der Waals surface area contributed by atoms with E-state index < -0.39 is 11.5 Å². The third-order valence-corrected chi connectivity index (χ3v) is 2.89. The quantitative estimate of drug-likeness (QED) is 0.781. The minimum atomic E-state index is -1.08. The third kappa shape index (κ3) is 1.38. The topological polar surface area (TPSA) is 63.3 Å². The Morgan fingerprint density at radius 1 is 1.64 bits per heavy atom. The summed E-state index contributed by atoms with van der Waals surface area (Å²) in [5, 5.41) is 9.47. The van der Waals surface area contributed by atoms with Crippen molar-refractivity contribution in [3.8, 4) is 0 Å². The SMILES string of the molecule is N[C@@]1(C(=O)O)C[C@@H]1c1cccc(Cl)c1. The van der Waals surface area contributed by atoms with Crippen molar-refractivity contribution in [1.29, 1.82) is 0 Å². The minimum Gasteiger partial charge on any atom is -0.480 e. The fourth-order valence-corrected chi connectivity index (χ4v) is 1.85. The van der Waals surface area contributed by atoms with Crippen molar-refractivity contribution in [1.82, 2.24) is 0 Å². The van der Waals surface area contributed by atoms with Gasteiger partial charge in [0, 0.05) is 10.9 Å². The summed E-state index contributed by atoms with van der Waals surface area (Å²) >= 11 is 5.80. The first kappa shape index (κ1) is 9.49. The van der Waals surface area contributed by atoms with Crippen LogP contribution < -0.4 is 5.73 Å². The largest absolute Gasteiger partial charge is 0.480 e. The Morgan fingerprint density at radius 3 is 2.86 bits per heavy atom. The third-order valence-electron chi connectivity index (χ3n) is 2.65. The lowest BCUT2D eigenvalue weighted by atomic mass is 10.1. The van der Waals surface area contributed by atoms with Gasteiger partial charge in [0.15, 0.2) is 0 Å². The van der Waals surface area contributed by atoms with Gasteiger partial charge in [-0.25, -0.2) is 0 Å². The second-order valence-corrected chi connectivity index (χ2v) is 4.09. The number of carboxylic acid groups (broad SMARTS) is 1. The summed E-state index contributed by atoms with van der Waals surface area (Å²) in [6, 6.07) is 7.18. The molecule has 4 heteroatoms. The van der Waals surface area contributed by atoms with Crippen LogP contribution in [0.5, 0.6) is 0 Å². The van der Waals surface area contributed by atoms with E-state index in [-0.39, 0.29) is 5.92 Å². The molecule has 1 aromatic rings. The molecule has 0 radical (unpaired) electrons. The number of rotatable bonds is 2. The summed E-state index contributed by atoms with van der Waals surface area (Å²) in [6.45, 7) is 0. The van der Waals surface area contributed by atoms with Crippen LogP contribution in [0.2, 0.25) is 5.02 Å². The second-order valence-electron chi connectivity index (χ2n) is 3.66. The summed E-state index contributed by atoms with van der Waals surface area (Å²) < 4.78 is 0. The van der Waals surface area contributed by atoms with E-state index >= 15 is 0 Å². The summed E-state index contributed by atoms with van der Waals surface area (Å²) in [6.07, 6.45) is 0.489. The Balaban J connectivity index is 2.25. The molecule has 2 atom stereocenters. The summed E-state index contributed by atoms with van der Waals surface area (Å²) in [5.41, 5.74) is 5.50. The molecule has 0 saturated heterocycles. The fraction of sp³-hybridized carbons (Fsp3) is 0.300. The van der Waals surface area contributed by atoms with Gasteiger partial charge < -0.3 is 10.8 Å². The van der Waals surface area contributed by atoms with E-state index in [1.807, 2.05) is 6.07 Å². The minimum absolute atomic E-state index is 0.0984. The van der Waals surface area contributed by atoms with E-state index in [9.17, 15) is 4.79 Å². The molecule has 0 amide bonds. The van der Waals surface area contributed by atoms with Gasteiger partial charge >= 0.3 is 5.97 Å². The molecule has 0 aliphatic heterocycles. The first-order valence-electron chi connectivity index (χ1n) is 4.32. The molecule has 0 aromatic heterocycles. The highest BCUT2D eigenvalue weighted by Crippen LogP contribution is 2.49. The zero-order valence-electron chi connectivity index (χ0n) is 7.40. The number of aliphatic carboxylic acids is 1. The second kappa shape index (κ2) is 2.97. The van der Waals surface area contributed by atoms with Crippen molar-refractivity contribution >= 4 is 17.6 Å². The maximum Gasteiger partial charge on any atom is 0.324 e. The average Bonchev–Trinajstić information content (AvgIpc) is 2.80. The van der Waals surface area contributed by atoms with E-state index in [4.69, 9.17) is 22.4 Å². The van der Waals surface area contributed by atoms with E-state index in [2.05, 4.69) is 0 Å². The van der Waals surface area contributed by atoms with Crippen LogP contribution in [0.15, 0.2) is 24.3 Å². The number of halogens is 1. The van der Waals surface area contributed by atoms with Gasteiger partial charge in [0.1, 0.15) is 5.54 Å². The molecular formula is C10H10ClNO2. The molecule has 3 nitrogen and oxygen atoms in total. The van der Waals surface area contributed by atoms with E-state index in [0.717, 1.165) is 5.56 Å². The molecule has 14 heavy (non-hydrogen) atoms. The molecule has 1 aliphatic carbocycles. The van der Waals surface area contributed by atoms with Crippen molar-refractivity contribution in [2.24, 2.45) is 5.73 Å². The van der Waals surface area contributed by atoms with Crippen LogP contribution in [-0.4, -0.2) is 16.6 Å². The molecule has 0 unspecified atom stereocenters. The number of hydrogen-bond donors (Lipinski definition) is 2. The van der Waals surface area contributed by atoms with Crippen molar-refractivity contribution in [3.05, 3.63) is 34.9 Å². The normalized spacial score (nSPS) is 30.0. The molecule has 74 valence electrons. The molecule has 1 saturated carbocycles. The molecule has 1 fully saturated rings. The number of nitrogens with two attached hydrogens (primary N) is 1. The Labute approximate surface area is 86.5 Å². The highest BCUT2D eigenvalue weighted by molar-refractivity contribution is 6.30. The van der Waals surface area contributed by atoms with Gasteiger partial charge in [-0.15, -0.1) is 0 Å². The number of carbonyl (C=O) groups is 1. The van der Waals surface area contributed by atoms with Gasteiger partial charge in [-0.2, -0.15) is 0 Å². The van der Waals surface area contributed by atoms with Crippen molar-refractivity contribution in [2.45, 2.75) is 17.9 Å². The monoisotopic (exact) mass is 211 g/mol. The van der Waals surface area contributed by atoms with E-state index in [1.54, 1.807) is 18.2 Å². The standard InChI is InChI=1S/C10H10ClNO2/c11-7-3-1-2-6(4-7)8-5-10(8,12)9(13)14/h1-4,8H,5,12H2,(H,13,14)/t8-,10+/m1/s1. The van der Waals surface area contributed by atoms with Gasteiger partial charge in [-0.05, 0) is 24.1 Å². The zero-order valence-corrected chi connectivity index (χ0v) is 8.16. The Hall–Kier alpha value is -1.06. The summed E-state index contributed by atoms with van der Waals surface area (Å²) in [5.74, 6) is -1.04. The molecular weight excluding hydrogens is 202 g/mol. The van der Waals surface area contributed by atoms with Crippen molar-refractivity contribution in [2.75, 3.05) is 0 Å².